The van der Waals surface area contributed by atoms with Crippen LogP contribution in [0.25, 0.3) is 0 Å². The van der Waals surface area contributed by atoms with E-state index in [1.807, 2.05) is 6.92 Å². The molecule has 5 nitrogen and oxygen atoms in total. The van der Waals surface area contributed by atoms with Gasteiger partial charge in [0.2, 0.25) is 21.9 Å². The molecule has 2 aromatic rings. The molecule has 2 N–H and O–H groups in total. The Balaban J connectivity index is 1.81. The van der Waals surface area contributed by atoms with Crippen molar-refractivity contribution in [1.29, 1.82) is 0 Å². The van der Waals surface area contributed by atoms with Crippen LogP contribution in [-0.2, 0) is 14.6 Å². The number of benzene rings is 2. The minimum atomic E-state index is -4.03. The lowest BCUT2D eigenvalue weighted by molar-refractivity contribution is 0.0351. The van der Waals surface area contributed by atoms with Crippen molar-refractivity contribution >= 4 is 33.0 Å². The quantitative estimate of drug-likeness (QED) is 0.754. The summed E-state index contributed by atoms with van der Waals surface area (Å²) in [6.07, 6.45) is 0.778. The summed E-state index contributed by atoms with van der Waals surface area (Å²) in [7, 11) is -4.03. The summed E-state index contributed by atoms with van der Waals surface area (Å²) in [6, 6.07) is 8.33. The minimum absolute atomic E-state index is 0.0364. The first-order valence-corrected chi connectivity index (χ1v) is 10.8. The molecule has 1 aliphatic heterocycles. The Morgan fingerprint density at radius 1 is 1.14 bits per heavy atom. The maximum absolute atomic E-state index is 13.9. The van der Waals surface area contributed by atoms with Gasteiger partial charge in [0, 0.05) is 11.6 Å². The molecule has 0 spiro atoms. The van der Waals surface area contributed by atoms with Gasteiger partial charge in [0.05, 0.1) is 14.9 Å². The van der Waals surface area contributed by atoms with Gasteiger partial charge in [-0.2, -0.15) is 0 Å². The Bertz CT molecular complexity index is 1100. The molecule has 0 saturated heterocycles. The van der Waals surface area contributed by atoms with Gasteiger partial charge in [0.25, 0.3) is 0 Å². The van der Waals surface area contributed by atoms with Crippen molar-refractivity contribution in [1.82, 2.24) is 4.90 Å². The molecule has 9 heteroatoms. The Morgan fingerprint density at radius 2 is 1.86 bits per heavy atom. The summed E-state index contributed by atoms with van der Waals surface area (Å²) in [5, 5.41) is 0.246. The molecule has 0 radical (unpaired) electrons. The van der Waals surface area contributed by atoms with Gasteiger partial charge in [-0.3, -0.25) is 0 Å². The number of hydrogen-bond acceptors (Lipinski definition) is 5. The molecule has 0 aromatic heterocycles. The molecule has 1 aliphatic carbocycles. The van der Waals surface area contributed by atoms with Crippen molar-refractivity contribution in [3.63, 3.8) is 0 Å². The van der Waals surface area contributed by atoms with Gasteiger partial charge in [0.15, 0.2) is 5.03 Å². The van der Waals surface area contributed by atoms with Crippen molar-refractivity contribution in [2.75, 3.05) is 0 Å². The van der Waals surface area contributed by atoms with E-state index < -0.39 is 21.9 Å². The zero-order valence-corrected chi connectivity index (χ0v) is 17.2. The van der Waals surface area contributed by atoms with Crippen LogP contribution >= 0.6 is 23.2 Å². The second kappa shape index (κ2) is 6.83. The van der Waals surface area contributed by atoms with E-state index in [2.05, 4.69) is 0 Å². The van der Waals surface area contributed by atoms with Crippen molar-refractivity contribution in [3.05, 3.63) is 74.3 Å². The van der Waals surface area contributed by atoms with Gasteiger partial charge in [-0.15, -0.1) is 0 Å². The van der Waals surface area contributed by atoms with Crippen LogP contribution in [0.2, 0.25) is 10.0 Å². The molecule has 28 heavy (non-hydrogen) atoms. The summed E-state index contributed by atoms with van der Waals surface area (Å²) in [6.45, 7) is 1.81. The molecule has 1 heterocycles. The number of nitrogens with two attached hydrogens (primary N) is 1. The molecular weight excluding hydrogens is 426 g/mol. The van der Waals surface area contributed by atoms with Gasteiger partial charge in [-0.25, -0.2) is 12.8 Å². The number of sulfone groups is 1. The lowest BCUT2D eigenvalue weighted by atomic mass is 10.1. The Labute approximate surface area is 172 Å². The Hall–Kier alpha value is -1.96. The number of halogens is 3. The van der Waals surface area contributed by atoms with E-state index in [1.54, 1.807) is 11.0 Å². The normalized spacial score (nSPS) is 19.9. The predicted molar refractivity (Wildman–Crippen MR) is 105 cm³/mol. The summed E-state index contributed by atoms with van der Waals surface area (Å²) in [5.41, 5.74) is 7.34. The predicted octanol–water partition coefficient (Wildman–Crippen LogP) is 4.49. The zero-order valence-electron chi connectivity index (χ0n) is 14.8. The van der Waals surface area contributed by atoms with Gasteiger partial charge >= 0.3 is 0 Å². The summed E-state index contributed by atoms with van der Waals surface area (Å²) in [5.74, 6) is -0.647. The highest BCUT2D eigenvalue weighted by atomic mass is 35.5. The molecule has 2 aromatic carbocycles. The van der Waals surface area contributed by atoms with Crippen molar-refractivity contribution in [2.45, 2.75) is 36.9 Å². The monoisotopic (exact) mass is 442 g/mol. The molecule has 0 bridgehead atoms. The molecule has 0 amide bonds. The molecule has 1 atom stereocenters. The number of hydrogen-bond donors (Lipinski definition) is 1. The third-order valence-electron chi connectivity index (χ3n) is 4.84. The van der Waals surface area contributed by atoms with Crippen LogP contribution in [0.4, 0.5) is 4.39 Å². The van der Waals surface area contributed by atoms with Gasteiger partial charge < -0.3 is 15.4 Å². The van der Waals surface area contributed by atoms with E-state index in [-0.39, 0.29) is 31.9 Å². The van der Waals surface area contributed by atoms with E-state index >= 15 is 0 Å². The van der Waals surface area contributed by atoms with Gasteiger partial charge in [-0.1, -0.05) is 29.3 Å². The van der Waals surface area contributed by atoms with Crippen molar-refractivity contribution in [3.8, 4) is 0 Å². The number of ether oxygens (including phenoxy) is 1. The van der Waals surface area contributed by atoms with Gasteiger partial charge in [-0.05, 0) is 55.7 Å². The highest BCUT2D eigenvalue weighted by molar-refractivity contribution is 7.95. The highest BCUT2D eigenvalue weighted by Crippen LogP contribution is 2.47. The van der Waals surface area contributed by atoms with Crippen LogP contribution in [0.3, 0.4) is 0 Å². The average molecular weight is 443 g/mol. The number of nitrogens with zero attached hydrogens (tertiary/aromatic N) is 1. The maximum Gasteiger partial charge on any atom is 0.227 e. The summed E-state index contributed by atoms with van der Waals surface area (Å²) in [4.78, 5) is 1.60. The van der Waals surface area contributed by atoms with E-state index in [0.717, 1.165) is 18.4 Å². The number of aryl methyl sites for hydroxylation is 1. The smallest absolute Gasteiger partial charge is 0.227 e. The molecule has 148 valence electrons. The standard InChI is InChI=1S/C19H17Cl2FN2O3S/c1-10-2-3-11(22)8-14(10)18-24(12-4-5-12)19(17(23)27-18)28(25,26)13-6-7-15(20)16(21)9-13/h2-3,6-9,12,18H,4-5,23H2,1H3. The SMILES string of the molecule is Cc1ccc(F)cc1C1OC(N)=C(S(=O)(=O)c2ccc(Cl)c(Cl)c2)N1C1CC1. The first-order chi connectivity index (χ1) is 13.2. The molecule has 2 aliphatic rings. The molecule has 1 fully saturated rings. The maximum atomic E-state index is 13.9. The van der Waals surface area contributed by atoms with Crippen LogP contribution in [0.15, 0.2) is 52.2 Å². The van der Waals surface area contributed by atoms with Crippen LogP contribution in [0, 0.1) is 12.7 Å². The van der Waals surface area contributed by atoms with Crippen molar-refractivity contribution < 1.29 is 17.5 Å². The van der Waals surface area contributed by atoms with E-state index in [9.17, 15) is 12.8 Å². The Morgan fingerprint density at radius 3 is 2.50 bits per heavy atom. The lowest BCUT2D eigenvalue weighted by Crippen LogP contribution is -2.31. The van der Waals surface area contributed by atoms with Crippen LogP contribution in [0.1, 0.15) is 30.2 Å². The van der Waals surface area contributed by atoms with E-state index in [4.69, 9.17) is 33.7 Å². The van der Waals surface area contributed by atoms with Gasteiger partial charge in [0.1, 0.15) is 5.82 Å². The van der Waals surface area contributed by atoms with Crippen LogP contribution in [0.5, 0.6) is 0 Å². The number of rotatable bonds is 4. The third kappa shape index (κ3) is 3.21. The third-order valence-corrected chi connectivity index (χ3v) is 7.37. The minimum Gasteiger partial charge on any atom is -0.449 e. The second-order valence-electron chi connectivity index (χ2n) is 6.86. The second-order valence-corrected chi connectivity index (χ2v) is 9.54. The Kier molecular flexibility index (Phi) is 4.72. The van der Waals surface area contributed by atoms with E-state index in [1.165, 1.54) is 30.3 Å². The topological polar surface area (TPSA) is 72.6 Å². The fourth-order valence-corrected chi connectivity index (χ4v) is 5.23. The van der Waals surface area contributed by atoms with E-state index in [0.29, 0.717) is 5.56 Å². The van der Waals surface area contributed by atoms with Crippen molar-refractivity contribution in [2.24, 2.45) is 5.73 Å². The molecule has 1 saturated carbocycles. The molecular formula is C19H17Cl2FN2O3S. The van der Waals surface area contributed by atoms with Crippen LogP contribution < -0.4 is 5.73 Å². The average Bonchev–Trinajstić information content (AvgIpc) is 3.41. The first-order valence-electron chi connectivity index (χ1n) is 8.61. The van der Waals surface area contributed by atoms with Crippen LogP contribution in [-0.4, -0.2) is 19.4 Å². The summed E-state index contributed by atoms with van der Waals surface area (Å²) < 4.78 is 46.3. The lowest BCUT2D eigenvalue weighted by Gasteiger charge is -2.28. The fourth-order valence-electron chi connectivity index (χ4n) is 3.29. The highest BCUT2D eigenvalue weighted by Gasteiger charge is 2.48. The summed E-state index contributed by atoms with van der Waals surface area (Å²) >= 11 is 11.9. The fraction of sp³-hybridized carbons (Fsp3) is 0.263. The largest absolute Gasteiger partial charge is 0.449 e. The molecule has 4 rings (SSSR count). The zero-order chi connectivity index (χ0) is 20.2. The first kappa shape index (κ1) is 19.4. The molecule has 1 unspecified atom stereocenters.